The van der Waals surface area contributed by atoms with Crippen molar-refractivity contribution in [2.75, 3.05) is 16.8 Å². The fourth-order valence-electron chi connectivity index (χ4n) is 3.55. The van der Waals surface area contributed by atoms with Gasteiger partial charge >= 0.3 is 0 Å². The number of amides is 2. The Morgan fingerprint density at radius 2 is 2.00 bits per heavy atom. The Hall–Kier alpha value is -3.55. The third-order valence-electron chi connectivity index (χ3n) is 5.21. The quantitative estimate of drug-likeness (QED) is 0.723. The van der Waals surface area contributed by atoms with E-state index in [1.807, 2.05) is 43.3 Å². The lowest BCUT2D eigenvalue weighted by molar-refractivity contribution is -0.122. The summed E-state index contributed by atoms with van der Waals surface area (Å²) in [6.45, 7) is 4.40. The standard InChI is InChI=1S/C21H22N6O2/c1-3-15-4-7-18(8-5-15)26-12-16(11-20(26)28)21(29)23-17-6-9-19(14(2)10-17)27-13-22-24-25-27/h4-10,13,16H,3,11-12H2,1-2H3,(H,23,29). The van der Waals surface area contributed by atoms with Gasteiger partial charge < -0.3 is 10.2 Å². The lowest BCUT2D eigenvalue weighted by Gasteiger charge is -2.17. The fourth-order valence-corrected chi connectivity index (χ4v) is 3.55. The molecule has 0 aliphatic carbocycles. The fraction of sp³-hybridized carbons (Fsp3) is 0.286. The maximum absolute atomic E-state index is 12.7. The van der Waals surface area contributed by atoms with Crippen molar-refractivity contribution < 1.29 is 9.59 Å². The van der Waals surface area contributed by atoms with E-state index in [2.05, 4.69) is 27.8 Å². The van der Waals surface area contributed by atoms with Gasteiger partial charge in [0.2, 0.25) is 11.8 Å². The van der Waals surface area contributed by atoms with Crippen LogP contribution in [0.5, 0.6) is 0 Å². The monoisotopic (exact) mass is 390 g/mol. The maximum Gasteiger partial charge on any atom is 0.229 e. The molecule has 1 N–H and O–H groups in total. The van der Waals surface area contributed by atoms with Gasteiger partial charge in [0.15, 0.2) is 0 Å². The molecule has 29 heavy (non-hydrogen) atoms. The molecule has 1 atom stereocenters. The number of rotatable bonds is 5. The zero-order valence-corrected chi connectivity index (χ0v) is 16.4. The van der Waals surface area contributed by atoms with E-state index < -0.39 is 0 Å². The largest absolute Gasteiger partial charge is 0.326 e. The molecule has 8 heteroatoms. The number of hydrogen-bond donors (Lipinski definition) is 1. The number of nitrogens with one attached hydrogen (secondary N) is 1. The highest BCUT2D eigenvalue weighted by molar-refractivity contribution is 6.03. The first-order valence-electron chi connectivity index (χ1n) is 9.59. The van der Waals surface area contributed by atoms with E-state index in [0.29, 0.717) is 12.2 Å². The number of carbonyl (C=O) groups is 2. The average Bonchev–Trinajstić information content (AvgIpc) is 3.38. The van der Waals surface area contributed by atoms with Crippen LogP contribution in [-0.4, -0.2) is 38.6 Å². The molecule has 3 aromatic rings. The molecule has 148 valence electrons. The minimum atomic E-state index is -0.382. The van der Waals surface area contributed by atoms with Crippen LogP contribution in [0.4, 0.5) is 11.4 Å². The van der Waals surface area contributed by atoms with Gasteiger partial charge in [-0.3, -0.25) is 9.59 Å². The van der Waals surface area contributed by atoms with E-state index in [0.717, 1.165) is 23.4 Å². The summed E-state index contributed by atoms with van der Waals surface area (Å²) < 4.78 is 1.57. The van der Waals surface area contributed by atoms with Crippen molar-refractivity contribution in [2.45, 2.75) is 26.7 Å². The lowest BCUT2D eigenvalue weighted by atomic mass is 10.1. The molecule has 0 saturated carbocycles. The Labute approximate surface area is 168 Å². The minimum Gasteiger partial charge on any atom is -0.326 e. The lowest BCUT2D eigenvalue weighted by Crippen LogP contribution is -2.28. The van der Waals surface area contributed by atoms with Crippen molar-refractivity contribution in [3.05, 3.63) is 59.9 Å². The van der Waals surface area contributed by atoms with Gasteiger partial charge in [-0.25, -0.2) is 4.68 Å². The van der Waals surface area contributed by atoms with Crippen molar-refractivity contribution >= 4 is 23.2 Å². The molecule has 1 unspecified atom stereocenters. The number of aromatic nitrogens is 4. The van der Waals surface area contributed by atoms with Gasteiger partial charge in [0, 0.05) is 24.3 Å². The van der Waals surface area contributed by atoms with Crippen LogP contribution in [-0.2, 0) is 16.0 Å². The first kappa shape index (κ1) is 18.8. The third kappa shape index (κ3) is 3.87. The highest BCUT2D eigenvalue weighted by Gasteiger charge is 2.35. The minimum absolute atomic E-state index is 0.0281. The maximum atomic E-state index is 12.7. The number of hydrogen-bond acceptors (Lipinski definition) is 5. The average molecular weight is 390 g/mol. The molecule has 4 rings (SSSR count). The van der Waals surface area contributed by atoms with Gasteiger partial charge in [-0.1, -0.05) is 19.1 Å². The van der Waals surface area contributed by atoms with E-state index in [9.17, 15) is 9.59 Å². The second kappa shape index (κ2) is 7.83. The Morgan fingerprint density at radius 3 is 2.66 bits per heavy atom. The SMILES string of the molecule is CCc1ccc(N2CC(C(=O)Nc3ccc(-n4cnnn4)c(C)c3)CC2=O)cc1. The Bertz CT molecular complexity index is 1030. The molecule has 8 nitrogen and oxygen atoms in total. The number of carbonyl (C=O) groups excluding carboxylic acids is 2. The van der Waals surface area contributed by atoms with E-state index in [4.69, 9.17) is 0 Å². The zero-order valence-electron chi connectivity index (χ0n) is 16.4. The van der Waals surface area contributed by atoms with Gasteiger partial charge in [-0.05, 0) is 65.2 Å². The summed E-state index contributed by atoms with van der Waals surface area (Å²) in [5.41, 5.74) is 4.50. The molecule has 1 aromatic heterocycles. The molecule has 0 spiro atoms. The molecule has 0 radical (unpaired) electrons. The molecule has 2 aromatic carbocycles. The second-order valence-corrected chi connectivity index (χ2v) is 7.17. The van der Waals surface area contributed by atoms with Crippen LogP contribution in [0.15, 0.2) is 48.8 Å². The first-order valence-corrected chi connectivity index (χ1v) is 9.59. The second-order valence-electron chi connectivity index (χ2n) is 7.17. The van der Waals surface area contributed by atoms with Gasteiger partial charge in [0.25, 0.3) is 0 Å². The van der Waals surface area contributed by atoms with Crippen LogP contribution in [0.25, 0.3) is 5.69 Å². The molecule has 1 aliphatic heterocycles. The summed E-state index contributed by atoms with van der Waals surface area (Å²) in [5, 5.41) is 14.1. The molecule has 2 amide bonds. The summed E-state index contributed by atoms with van der Waals surface area (Å²) in [6.07, 6.45) is 2.68. The highest BCUT2D eigenvalue weighted by Crippen LogP contribution is 2.27. The Kier molecular flexibility index (Phi) is 5.07. The summed E-state index contributed by atoms with van der Waals surface area (Å²) in [6, 6.07) is 13.4. The van der Waals surface area contributed by atoms with E-state index in [1.54, 1.807) is 15.6 Å². The number of aryl methyl sites for hydroxylation is 2. The van der Waals surface area contributed by atoms with Gasteiger partial charge in [0.1, 0.15) is 6.33 Å². The van der Waals surface area contributed by atoms with Gasteiger partial charge in [-0.15, -0.1) is 5.10 Å². The van der Waals surface area contributed by atoms with Gasteiger partial charge in [0.05, 0.1) is 11.6 Å². The van der Waals surface area contributed by atoms with Crippen molar-refractivity contribution in [1.82, 2.24) is 20.2 Å². The normalized spacial score (nSPS) is 16.3. The van der Waals surface area contributed by atoms with Crippen LogP contribution in [0.3, 0.4) is 0 Å². The predicted octanol–water partition coefficient (Wildman–Crippen LogP) is 2.52. The molecule has 1 aliphatic rings. The van der Waals surface area contributed by atoms with E-state index >= 15 is 0 Å². The van der Waals surface area contributed by atoms with Crippen LogP contribution < -0.4 is 10.2 Å². The zero-order chi connectivity index (χ0) is 20.4. The highest BCUT2D eigenvalue weighted by atomic mass is 16.2. The Morgan fingerprint density at radius 1 is 1.21 bits per heavy atom. The van der Waals surface area contributed by atoms with Crippen molar-refractivity contribution in [1.29, 1.82) is 0 Å². The van der Waals surface area contributed by atoms with Crippen LogP contribution in [0.2, 0.25) is 0 Å². The molecule has 2 heterocycles. The summed E-state index contributed by atoms with van der Waals surface area (Å²) in [4.78, 5) is 26.9. The van der Waals surface area contributed by atoms with Gasteiger partial charge in [-0.2, -0.15) is 0 Å². The van der Waals surface area contributed by atoms with Crippen LogP contribution >= 0.6 is 0 Å². The number of benzene rings is 2. The van der Waals surface area contributed by atoms with Crippen LogP contribution in [0.1, 0.15) is 24.5 Å². The molecule has 0 bridgehead atoms. The Balaban J connectivity index is 1.43. The number of nitrogens with zero attached hydrogens (tertiary/aromatic N) is 5. The number of tetrazole rings is 1. The summed E-state index contributed by atoms with van der Waals surface area (Å²) >= 11 is 0. The predicted molar refractivity (Wildman–Crippen MR) is 109 cm³/mol. The molecular weight excluding hydrogens is 368 g/mol. The molecular formula is C21H22N6O2. The van der Waals surface area contributed by atoms with Crippen molar-refractivity contribution in [2.24, 2.45) is 5.92 Å². The summed E-state index contributed by atoms with van der Waals surface area (Å²) in [5.74, 6) is -0.562. The van der Waals surface area contributed by atoms with Crippen molar-refractivity contribution in [3.63, 3.8) is 0 Å². The summed E-state index contributed by atoms with van der Waals surface area (Å²) in [7, 11) is 0. The van der Waals surface area contributed by atoms with Crippen molar-refractivity contribution in [3.8, 4) is 5.69 Å². The van der Waals surface area contributed by atoms with E-state index in [-0.39, 0.29) is 24.2 Å². The third-order valence-corrected chi connectivity index (χ3v) is 5.21. The first-order chi connectivity index (χ1) is 14.0. The topological polar surface area (TPSA) is 93.0 Å². The number of anilines is 2. The smallest absolute Gasteiger partial charge is 0.229 e. The van der Waals surface area contributed by atoms with E-state index in [1.165, 1.54) is 11.9 Å². The molecule has 1 saturated heterocycles. The van der Waals surface area contributed by atoms with Crippen LogP contribution in [0, 0.1) is 12.8 Å². The molecule has 1 fully saturated rings.